The molecule has 0 aliphatic rings. The minimum Gasteiger partial charge on any atom is -0.592 e. The van der Waals surface area contributed by atoms with Crippen LogP contribution in [0.4, 0.5) is 5.69 Å². The Morgan fingerprint density at radius 1 is 1.55 bits per heavy atom. The van der Waals surface area contributed by atoms with Crippen molar-refractivity contribution in [2.45, 2.75) is 0 Å². The highest BCUT2D eigenvalue weighted by Gasteiger charge is 2.07. The maximum absolute atomic E-state index is 10.8. The number of pyridine rings is 1. The largest absolute Gasteiger partial charge is 0.592 e. The monoisotopic (exact) mass is 155 g/mol. The van der Waals surface area contributed by atoms with E-state index in [2.05, 4.69) is 9.82 Å². The smallest absolute Gasteiger partial charge is 0.184 e. The molecular formula is C6H7N2O3-. The molecule has 11 heavy (non-hydrogen) atoms. The van der Waals surface area contributed by atoms with Crippen molar-refractivity contribution in [1.82, 2.24) is 9.96 Å². The van der Waals surface area contributed by atoms with Crippen LogP contribution in [0.25, 0.3) is 0 Å². The summed E-state index contributed by atoms with van der Waals surface area (Å²) >= 11 is 0. The molecular weight excluding hydrogens is 148 g/mol. The molecule has 0 fully saturated rings. The third-order valence-electron chi connectivity index (χ3n) is 1.20. The highest BCUT2D eigenvalue weighted by Crippen LogP contribution is 2.17. The summed E-state index contributed by atoms with van der Waals surface area (Å²) in [7, 11) is 1.05. The van der Waals surface area contributed by atoms with Gasteiger partial charge in [0.25, 0.3) is 0 Å². The molecule has 5 nitrogen and oxygen atoms in total. The van der Waals surface area contributed by atoms with Crippen LogP contribution in [-0.2, 0) is 4.84 Å². The van der Waals surface area contributed by atoms with E-state index in [0.717, 1.165) is 7.11 Å². The molecule has 0 radical (unpaired) electrons. The topological polar surface area (TPSA) is 68.2 Å². The summed E-state index contributed by atoms with van der Waals surface area (Å²) < 4.78 is 0. The third-order valence-corrected chi connectivity index (χ3v) is 1.20. The van der Waals surface area contributed by atoms with Crippen molar-refractivity contribution in [2.24, 2.45) is 0 Å². The average Bonchev–Trinajstić information content (AvgIpc) is 2.06. The SMILES string of the molecule is CO[N+]([O-])([O-])c1cccnc1. The van der Waals surface area contributed by atoms with E-state index in [1.165, 1.54) is 24.5 Å². The summed E-state index contributed by atoms with van der Waals surface area (Å²) in [6.07, 6.45) is 2.64. The lowest BCUT2D eigenvalue weighted by atomic mass is 10.4. The van der Waals surface area contributed by atoms with Gasteiger partial charge in [0.1, 0.15) is 0 Å². The van der Waals surface area contributed by atoms with Crippen molar-refractivity contribution in [3.8, 4) is 0 Å². The Balaban J connectivity index is 2.93. The Hall–Kier alpha value is -1.01. The van der Waals surface area contributed by atoms with Gasteiger partial charge in [-0.25, -0.2) is 4.97 Å². The number of nitrogens with zero attached hydrogens (tertiary/aromatic N) is 2. The van der Waals surface area contributed by atoms with E-state index in [1.807, 2.05) is 0 Å². The first kappa shape index (κ1) is 8.09. The molecule has 0 amide bonds. The molecule has 0 saturated carbocycles. The van der Waals surface area contributed by atoms with Gasteiger partial charge in [-0.1, -0.05) is 0 Å². The summed E-state index contributed by atoms with van der Waals surface area (Å²) in [5.74, 6) is 0. The minimum atomic E-state index is -2.10. The second-order valence-corrected chi connectivity index (χ2v) is 1.89. The van der Waals surface area contributed by atoms with Crippen molar-refractivity contribution in [3.05, 3.63) is 34.9 Å². The Bertz CT molecular complexity index is 225. The molecule has 0 bridgehead atoms. The normalized spacial score (nSPS) is 11.5. The Morgan fingerprint density at radius 3 is 2.73 bits per heavy atom. The van der Waals surface area contributed by atoms with Crippen LogP contribution in [0.15, 0.2) is 24.5 Å². The van der Waals surface area contributed by atoms with E-state index >= 15 is 0 Å². The number of hydrogen-bond donors (Lipinski definition) is 0. The molecule has 1 aromatic rings. The number of quaternary nitrogens is 1. The minimum absolute atomic E-state index is 0.0741. The summed E-state index contributed by atoms with van der Waals surface area (Å²) in [6, 6.07) is 2.85. The Labute approximate surface area is 63.5 Å². The second kappa shape index (κ2) is 2.93. The highest BCUT2D eigenvalue weighted by molar-refractivity contribution is 5.38. The molecule has 0 spiro atoms. The number of hydrogen-bond acceptors (Lipinski definition) is 4. The fourth-order valence-corrected chi connectivity index (χ4v) is 0.621. The molecule has 1 rings (SSSR count). The maximum atomic E-state index is 10.8. The predicted molar refractivity (Wildman–Crippen MR) is 39.8 cm³/mol. The van der Waals surface area contributed by atoms with E-state index < -0.39 is 4.97 Å². The van der Waals surface area contributed by atoms with Crippen molar-refractivity contribution < 1.29 is 4.84 Å². The van der Waals surface area contributed by atoms with Crippen LogP contribution in [0.5, 0.6) is 0 Å². The first-order valence-electron chi connectivity index (χ1n) is 2.94. The van der Waals surface area contributed by atoms with E-state index in [9.17, 15) is 10.4 Å². The molecule has 60 valence electrons. The van der Waals surface area contributed by atoms with E-state index in [-0.39, 0.29) is 5.69 Å². The van der Waals surface area contributed by atoms with E-state index in [4.69, 9.17) is 0 Å². The zero-order chi connectivity index (χ0) is 8.32. The van der Waals surface area contributed by atoms with Crippen molar-refractivity contribution in [3.63, 3.8) is 0 Å². The van der Waals surface area contributed by atoms with Crippen LogP contribution in [0, 0.1) is 10.4 Å². The van der Waals surface area contributed by atoms with Crippen molar-refractivity contribution in [1.29, 1.82) is 0 Å². The first-order chi connectivity index (χ1) is 5.17. The van der Waals surface area contributed by atoms with Gasteiger partial charge < -0.3 is 10.4 Å². The van der Waals surface area contributed by atoms with Gasteiger partial charge in [0.2, 0.25) is 0 Å². The molecule has 0 N–H and O–H groups in total. The third kappa shape index (κ3) is 1.72. The lowest BCUT2D eigenvalue weighted by molar-refractivity contribution is -0.0356. The highest BCUT2D eigenvalue weighted by atomic mass is 17.1. The summed E-state index contributed by atoms with van der Waals surface area (Å²) in [5, 5.41) is 21.6. The molecule has 0 atom stereocenters. The predicted octanol–water partition coefficient (Wildman–Crippen LogP) is 0.946. The standard InChI is InChI=1S/C6H7N2O3/c1-11-8(9,10)6-3-2-4-7-5-6/h2-5H,1H3/q-1. The summed E-state index contributed by atoms with van der Waals surface area (Å²) in [6.45, 7) is 0. The molecule has 5 heteroatoms. The van der Waals surface area contributed by atoms with Gasteiger partial charge in [-0.15, -0.1) is 0 Å². The summed E-state index contributed by atoms with van der Waals surface area (Å²) in [5.41, 5.74) is -0.0741. The number of rotatable bonds is 2. The van der Waals surface area contributed by atoms with Crippen LogP contribution in [0.3, 0.4) is 0 Å². The Kier molecular flexibility index (Phi) is 2.16. The van der Waals surface area contributed by atoms with E-state index in [1.54, 1.807) is 0 Å². The zero-order valence-corrected chi connectivity index (χ0v) is 5.93. The summed E-state index contributed by atoms with van der Waals surface area (Å²) in [4.78, 5) is 5.61. The van der Waals surface area contributed by atoms with Crippen LogP contribution < -0.4 is 4.97 Å². The van der Waals surface area contributed by atoms with Gasteiger partial charge in [-0.05, 0) is 6.07 Å². The van der Waals surface area contributed by atoms with Gasteiger partial charge in [-0.3, -0.25) is 4.98 Å². The van der Waals surface area contributed by atoms with Crippen LogP contribution in [0.1, 0.15) is 0 Å². The van der Waals surface area contributed by atoms with E-state index in [0.29, 0.717) is 0 Å². The molecule has 0 unspecified atom stereocenters. The van der Waals surface area contributed by atoms with Crippen LogP contribution in [0.2, 0.25) is 0 Å². The maximum Gasteiger partial charge on any atom is 0.184 e. The molecule has 0 saturated heterocycles. The van der Waals surface area contributed by atoms with Crippen LogP contribution >= 0.6 is 0 Å². The van der Waals surface area contributed by atoms with Crippen molar-refractivity contribution in [2.75, 3.05) is 7.11 Å². The van der Waals surface area contributed by atoms with Crippen LogP contribution in [-0.4, -0.2) is 12.1 Å². The van der Waals surface area contributed by atoms with Gasteiger partial charge in [0.05, 0.1) is 13.3 Å². The van der Waals surface area contributed by atoms with Gasteiger partial charge in [0, 0.05) is 12.3 Å². The van der Waals surface area contributed by atoms with Gasteiger partial charge in [-0.2, -0.15) is 4.84 Å². The lowest BCUT2D eigenvalue weighted by Gasteiger charge is -2.39. The Morgan fingerprint density at radius 2 is 2.27 bits per heavy atom. The number of aromatic nitrogens is 1. The molecule has 1 heterocycles. The molecule has 0 aromatic carbocycles. The molecule has 0 aliphatic heterocycles. The lowest BCUT2D eigenvalue weighted by Crippen LogP contribution is -2.34. The fourth-order valence-electron chi connectivity index (χ4n) is 0.621. The fraction of sp³-hybridized carbons (Fsp3) is 0.167. The van der Waals surface area contributed by atoms with Crippen molar-refractivity contribution >= 4 is 5.69 Å². The average molecular weight is 155 g/mol. The second-order valence-electron chi connectivity index (χ2n) is 1.89. The molecule has 0 aliphatic carbocycles. The van der Waals surface area contributed by atoms with Gasteiger partial charge in [0.15, 0.2) is 5.69 Å². The van der Waals surface area contributed by atoms with Gasteiger partial charge >= 0.3 is 0 Å². The zero-order valence-electron chi connectivity index (χ0n) is 5.93. The molecule has 1 aromatic heterocycles. The first-order valence-corrected chi connectivity index (χ1v) is 2.94. The quantitative estimate of drug-likeness (QED) is 0.471.